The standard InChI is InChI=1S/C16H23NO2/c1-12(2)17-10-4-5-15(17)11-19-16-8-6-14(7-9-16)13(3)18/h6-9,12,15H,4-5,10-11H2,1-3H3/t15-/m0/s1. The molecule has 0 saturated carbocycles. The summed E-state index contributed by atoms with van der Waals surface area (Å²) in [6.07, 6.45) is 2.47. The fraction of sp³-hybridized carbons (Fsp3) is 0.562. The van der Waals surface area contributed by atoms with Gasteiger partial charge in [0.1, 0.15) is 12.4 Å². The molecule has 1 fully saturated rings. The van der Waals surface area contributed by atoms with Crippen LogP contribution in [0.1, 0.15) is 44.0 Å². The number of likely N-dealkylation sites (tertiary alicyclic amines) is 1. The van der Waals surface area contributed by atoms with Crippen LogP contribution in [0.15, 0.2) is 24.3 Å². The van der Waals surface area contributed by atoms with E-state index in [2.05, 4.69) is 18.7 Å². The van der Waals surface area contributed by atoms with Gasteiger partial charge in [-0.05, 0) is 64.4 Å². The number of nitrogens with zero attached hydrogens (tertiary/aromatic N) is 1. The lowest BCUT2D eigenvalue weighted by atomic mass is 10.1. The lowest BCUT2D eigenvalue weighted by molar-refractivity contribution is 0.101. The van der Waals surface area contributed by atoms with Gasteiger partial charge in [0, 0.05) is 17.6 Å². The van der Waals surface area contributed by atoms with Crippen LogP contribution in [0.25, 0.3) is 0 Å². The first-order valence-electron chi connectivity index (χ1n) is 7.07. The number of carbonyl (C=O) groups excluding carboxylic acids is 1. The van der Waals surface area contributed by atoms with Crippen molar-refractivity contribution in [3.63, 3.8) is 0 Å². The number of carbonyl (C=O) groups is 1. The minimum atomic E-state index is 0.0910. The Morgan fingerprint density at radius 1 is 1.37 bits per heavy atom. The Bertz CT molecular complexity index is 425. The first-order valence-corrected chi connectivity index (χ1v) is 7.07. The average molecular weight is 261 g/mol. The second-order valence-electron chi connectivity index (χ2n) is 5.52. The minimum absolute atomic E-state index is 0.0910. The van der Waals surface area contributed by atoms with Crippen molar-refractivity contribution >= 4 is 5.78 Å². The summed E-state index contributed by atoms with van der Waals surface area (Å²) >= 11 is 0. The van der Waals surface area contributed by atoms with Crippen molar-refractivity contribution in [2.45, 2.75) is 45.7 Å². The van der Waals surface area contributed by atoms with Gasteiger partial charge in [0.05, 0.1) is 0 Å². The van der Waals surface area contributed by atoms with Crippen molar-refractivity contribution < 1.29 is 9.53 Å². The summed E-state index contributed by atoms with van der Waals surface area (Å²) in [6, 6.07) is 8.51. The molecule has 0 N–H and O–H groups in total. The zero-order valence-corrected chi connectivity index (χ0v) is 12.1. The van der Waals surface area contributed by atoms with E-state index in [1.54, 1.807) is 6.92 Å². The molecular weight excluding hydrogens is 238 g/mol. The van der Waals surface area contributed by atoms with E-state index >= 15 is 0 Å². The molecule has 1 aliphatic heterocycles. The molecule has 1 aliphatic rings. The molecule has 0 bridgehead atoms. The van der Waals surface area contributed by atoms with Gasteiger partial charge in [-0.3, -0.25) is 9.69 Å². The summed E-state index contributed by atoms with van der Waals surface area (Å²) < 4.78 is 5.85. The second-order valence-corrected chi connectivity index (χ2v) is 5.52. The zero-order chi connectivity index (χ0) is 13.8. The molecule has 0 unspecified atom stereocenters. The van der Waals surface area contributed by atoms with Crippen LogP contribution < -0.4 is 4.74 Å². The Hall–Kier alpha value is -1.35. The molecule has 0 radical (unpaired) electrons. The van der Waals surface area contributed by atoms with Gasteiger partial charge in [-0.25, -0.2) is 0 Å². The summed E-state index contributed by atoms with van der Waals surface area (Å²) in [6.45, 7) is 7.96. The normalized spacial score (nSPS) is 19.9. The third-order valence-electron chi connectivity index (χ3n) is 3.79. The lowest BCUT2D eigenvalue weighted by Crippen LogP contribution is -2.39. The van der Waals surface area contributed by atoms with E-state index in [0.717, 1.165) is 17.9 Å². The summed E-state index contributed by atoms with van der Waals surface area (Å²) in [4.78, 5) is 13.7. The molecule has 104 valence electrons. The maximum absolute atomic E-state index is 11.2. The highest BCUT2D eigenvalue weighted by atomic mass is 16.5. The van der Waals surface area contributed by atoms with Crippen LogP contribution in [0, 0.1) is 0 Å². The van der Waals surface area contributed by atoms with Gasteiger partial charge in [-0.15, -0.1) is 0 Å². The molecular formula is C16H23NO2. The van der Waals surface area contributed by atoms with E-state index in [1.165, 1.54) is 19.4 Å². The number of rotatable bonds is 5. The van der Waals surface area contributed by atoms with Crippen LogP contribution in [-0.2, 0) is 0 Å². The van der Waals surface area contributed by atoms with Gasteiger partial charge in [0.2, 0.25) is 0 Å². The quantitative estimate of drug-likeness (QED) is 0.763. The summed E-state index contributed by atoms with van der Waals surface area (Å²) in [5.74, 6) is 0.939. The molecule has 1 aromatic carbocycles. The number of hydrogen-bond donors (Lipinski definition) is 0. The minimum Gasteiger partial charge on any atom is -0.492 e. The number of ether oxygens (including phenoxy) is 1. The highest BCUT2D eigenvalue weighted by Gasteiger charge is 2.26. The van der Waals surface area contributed by atoms with Crippen LogP contribution >= 0.6 is 0 Å². The Balaban J connectivity index is 1.90. The van der Waals surface area contributed by atoms with E-state index in [0.29, 0.717) is 12.1 Å². The van der Waals surface area contributed by atoms with Crippen molar-refractivity contribution in [2.24, 2.45) is 0 Å². The fourth-order valence-corrected chi connectivity index (χ4v) is 2.70. The van der Waals surface area contributed by atoms with Crippen molar-refractivity contribution in [1.82, 2.24) is 4.90 Å². The van der Waals surface area contributed by atoms with Crippen LogP contribution in [0.3, 0.4) is 0 Å². The van der Waals surface area contributed by atoms with Crippen LogP contribution in [0.4, 0.5) is 0 Å². The fourth-order valence-electron chi connectivity index (χ4n) is 2.70. The van der Waals surface area contributed by atoms with E-state index in [-0.39, 0.29) is 5.78 Å². The van der Waals surface area contributed by atoms with Gasteiger partial charge < -0.3 is 4.74 Å². The molecule has 1 aromatic rings. The highest BCUT2D eigenvalue weighted by Crippen LogP contribution is 2.21. The summed E-state index contributed by atoms with van der Waals surface area (Å²) in [5.41, 5.74) is 0.733. The molecule has 0 aliphatic carbocycles. The zero-order valence-electron chi connectivity index (χ0n) is 12.1. The summed E-state index contributed by atoms with van der Waals surface area (Å²) in [5, 5.41) is 0. The van der Waals surface area contributed by atoms with Gasteiger partial charge in [-0.2, -0.15) is 0 Å². The lowest BCUT2D eigenvalue weighted by Gasteiger charge is -2.28. The SMILES string of the molecule is CC(=O)c1ccc(OC[C@@H]2CCCN2C(C)C)cc1. The second kappa shape index (κ2) is 6.20. The molecule has 1 heterocycles. The molecule has 0 amide bonds. The Kier molecular flexibility index (Phi) is 4.59. The highest BCUT2D eigenvalue weighted by molar-refractivity contribution is 5.94. The van der Waals surface area contributed by atoms with E-state index in [9.17, 15) is 4.79 Å². The largest absolute Gasteiger partial charge is 0.492 e. The molecule has 19 heavy (non-hydrogen) atoms. The molecule has 3 nitrogen and oxygen atoms in total. The number of ketones is 1. The molecule has 3 heteroatoms. The Morgan fingerprint density at radius 3 is 2.63 bits per heavy atom. The van der Waals surface area contributed by atoms with E-state index < -0.39 is 0 Å². The van der Waals surface area contributed by atoms with Gasteiger partial charge in [0.15, 0.2) is 5.78 Å². The molecule has 1 atom stereocenters. The van der Waals surface area contributed by atoms with Gasteiger partial charge in [0.25, 0.3) is 0 Å². The third-order valence-corrected chi connectivity index (χ3v) is 3.79. The molecule has 2 rings (SSSR count). The number of benzene rings is 1. The maximum atomic E-state index is 11.2. The Morgan fingerprint density at radius 2 is 2.05 bits per heavy atom. The maximum Gasteiger partial charge on any atom is 0.159 e. The molecule has 0 spiro atoms. The first kappa shape index (κ1) is 14.1. The van der Waals surface area contributed by atoms with Gasteiger partial charge >= 0.3 is 0 Å². The Labute approximate surface area is 115 Å². The van der Waals surface area contributed by atoms with Crippen LogP contribution in [0.2, 0.25) is 0 Å². The first-order chi connectivity index (χ1) is 9.08. The van der Waals surface area contributed by atoms with E-state index in [4.69, 9.17) is 4.74 Å². The molecule has 0 aromatic heterocycles. The van der Waals surface area contributed by atoms with Crippen LogP contribution in [0.5, 0.6) is 5.75 Å². The number of Topliss-reactive ketones (excluding diaryl/α,β-unsaturated/α-hetero) is 1. The average Bonchev–Trinajstić information content (AvgIpc) is 2.85. The van der Waals surface area contributed by atoms with Crippen molar-refractivity contribution in [1.29, 1.82) is 0 Å². The predicted octanol–water partition coefficient (Wildman–Crippen LogP) is 3.14. The van der Waals surface area contributed by atoms with Crippen LogP contribution in [-0.4, -0.2) is 35.9 Å². The third kappa shape index (κ3) is 3.57. The van der Waals surface area contributed by atoms with Gasteiger partial charge in [-0.1, -0.05) is 0 Å². The van der Waals surface area contributed by atoms with Crippen molar-refractivity contribution in [3.05, 3.63) is 29.8 Å². The van der Waals surface area contributed by atoms with Crippen molar-refractivity contribution in [2.75, 3.05) is 13.2 Å². The summed E-state index contributed by atoms with van der Waals surface area (Å²) in [7, 11) is 0. The number of hydrogen-bond acceptors (Lipinski definition) is 3. The van der Waals surface area contributed by atoms with E-state index in [1.807, 2.05) is 24.3 Å². The van der Waals surface area contributed by atoms with Crippen molar-refractivity contribution in [3.8, 4) is 5.75 Å². The smallest absolute Gasteiger partial charge is 0.159 e. The monoisotopic (exact) mass is 261 g/mol. The predicted molar refractivity (Wildman–Crippen MR) is 76.8 cm³/mol. The topological polar surface area (TPSA) is 29.5 Å². The molecule has 1 saturated heterocycles.